The van der Waals surface area contributed by atoms with E-state index in [0.29, 0.717) is 19.5 Å². The molecule has 0 aromatic heterocycles. The Bertz CT molecular complexity index is 455. The Morgan fingerprint density at radius 1 is 1.27 bits per heavy atom. The van der Waals surface area contributed by atoms with Gasteiger partial charge in [-0.3, -0.25) is 9.69 Å². The molecule has 1 amide bonds. The molecule has 0 bridgehead atoms. The van der Waals surface area contributed by atoms with E-state index in [-0.39, 0.29) is 11.9 Å². The number of nitrogens with zero attached hydrogens (tertiary/aromatic N) is 1. The third kappa shape index (κ3) is 4.71. The number of nitrogens with one attached hydrogen (secondary N) is 1. The molecule has 0 saturated carbocycles. The topological polar surface area (TPSA) is 67.6 Å². The van der Waals surface area contributed by atoms with Crippen LogP contribution < -0.4 is 15.8 Å². The molecule has 5 heteroatoms. The number of amides is 1. The summed E-state index contributed by atoms with van der Waals surface area (Å²) in [6, 6.07) is 8.36. The van der Waals surface area contributed by atoms with Crippen LogP contribution >= 0.6 is 0 Å². The summed E-state index contributed by atoms with van der Waals surface area (Å²) in [5, 5.41) is 3.02. The number of ether oxygens (including phenoxy) is 1. The molecule has 1 unspecified atom stereocenters. The van der Waals surface area contributed by atoms with Crippen LogP contribution in [0, 0.1) is 0 Å². The maximum atomic E-state index is 11.7. The highest BCUT2D eigenvalue weighted by atomic mass is 16.5. The number of benzene rings is 1. The summed E-state index contributed by atoms with van der Waals surface area (Å²) in [5.41, 5.74) is 6.65. The van der Waals surface area contributed by atoms with Crippen LogP contribution in [0.15, 0.2) is 24.3 Å². The van der Waals surface area contributed by atoms with E-state index in [1.54, 1.807) is 7.11 Å². The Labute approximate surface area is 132 Å². The van der Waals surface area contributed by atoms with Crippen LogP contribution in [0.3, 0.4) is 0 Å². The maximum absolute atomic E-state index is 11.7. The first-order chi connectivity index (χ1) is 10.7. The molecule has 1 aromatic carbocycles. The predicted molar refractivity (Wildman–Crippen MR) is 87.8 cm³/mol. The standard InChI is InChI=1S/C17H27N3O2/c1-22-15-7-5-14(6-8-15)16(13-19-17(21)9-10-18)20-11-3-2-4-12-20/h5-8,16H,2-4,9-13,18H2,1H3,(H,19,21). The molecule has 0 spiro atoms. The largest absolute Gasteiger partial charge is 0.497 e. The van der Waals surface area contributed by atoms with E-state index in [0.717, 1.165) is 18.8 Å². The van der Waals surface area contributed by atoms with Crippen molar-refractivity contribution in [2.24, 2.45) is 5.73 Å². The van der Waals surface area contributed by atoms with Crippen LogP contribution in [-0.4, -0.2) is 44.1 Å². The van der Waals surface area contributed by atoms with Gasteiger partial charge in [0, 0.05) is 19.5 Å². The van der Waals surface area contributed by atoms with Crippen molar-refractivity contribution in [2.45, 2.75) is 31.7 Å². The predicted octanol–water partition coefficient (Wildman–Crippen LogP) is 1.69. The number of piperidine rings is 1. The second-order valence-corrected chi connectivity index (χ2v) is 5.73. The average Bonchev–Trinajstić information content (AvgIpc) is 2.57. The Morgan fingerprint density at radius 3 is 2.55 bits per heavy atom. The molecular weight excluding hydrogens is 278 g/mol. The van der Waals surface area contributed by atoms with Crippen molar-refractivity contribution in [3.8, 4) is 5.75 Å². The molecule has 22 heavy (non-hydrogen) atoms. The number of carbonyl (C=O) groups excluding carboxylic acids is 1. The van der Waals surface area contributed by atoms with Crippen LogP contribution in [-0.2, 0) is 4.79 Å². The summed E-state index contributed by atoms with van der Waals surface area (Å²) in [6.45, 7) is 3.20. The highest BCUT2D eigenvalue weighted by Gasteiger charge is 2.22. The highest BCUT2D eigenvalue weighted by Crippen LogP contribution is 2.25. The van der Waals surface area contributed by atoms with Crippen molar-refractivity contribution in [3.63, 3.8) is 0 Å². The number of likely N-dealkylation sites (tertiary alicyclic amines) is 1. The smallest absolute Gasteiger partial charge is 0.221 e. The minimum atomic E-state index is 0.0259. The molecule has 1 aromatic rings. The van der Waals surface area contributed by atoms with Crippen LogP contribution in [0.25, 0.3) is 0 Å². The van der Waals surface area contributed by atoms with E-state index < -0.39 is 0 Å². The minimum Gasteiger partial charge on any atom is -0.497 e. The molecule has 1 atom stereocenters. The van der Waals surface area contributed by atoms with Gasteiger partial charge >= 0.3 is 0 Å². The van der Waals surface area contributed by atoms with E-state index >= 15 is 0 Å². The van der Waals surface area contributed by atoms with Gasteiger partial charge in [-0.1, -0.05) is 18.6 Å². The van der Waals surface area contributed by atoms with Crippen LogP contribution in [0.4, 0.5) is 0 Å². The van der Waals surface area contributed by atoms with Gasteiger partial charge in [0.15, 0.2) is 0 Å². The summed E-state index contributed by atoms with van der Waals surface area (Å²) >= 11 is 0. The second-order valence-electron chi connectivity index (χ2n) is 5.73. The number of methoxy groups -OCH3 is 1. The molecule has 1 fully saturated rings. The van der Waals surface area contributed by atoms with Crippen molar-refractivity contribution in [2.75, 3.05) is 33.3 Å². The average molecular weight is 305 g/mol. The number of rotatable bonds is 7. The van der Waals surface area contributed by atoms with Gasteiger partial charge in [0.1, 0.15) is 5.75 Å². The lowest BCUT2D eigenvalue weighted by molar-refractivity contribution is -0.121. The van der Waals surface area contributed by atoms with Gasteiger partial charge in [0.2, 0.25) is 5.91 Å². The molecule has 1 aliphatic rings. The summed E-state index contributed by atoms with van der Waals surface area (Å²) in [5.74, 6) is 0.881. The second kappa shape index (κ2) is 8.76. The summed E-state index contributed by atoms with van der Waals surface area (Å²) < 4.78 is 5.23. The van der Waals surface area contributed by atoms with Crippen LogP contribution in [0.5, 0.6) is 5.75 Å². The Morgan fingerprint density at radius 2 is 1.95 bits per heavy atom. The fourth-order valence-electron chi connectivity index (χ4n) is 2.94. The van der Waals surface area contributed by atoms with Crippen LogP contribution in [0.1, 0.15) is 37.3 Å². The maximum Gasteiger partial charge on any atom is 0.221 e. The van der Waals surface area contributed by atoms with E-state index in [1.807, 2.05) is 12.1 Å². The fraction of sp³-hybridized carbons (Fsp3) is 0.588. The molecule has 0 aliphatic carbocycles. The lowest BCUT2D eigenvalue weighted by atomic mass is 10.0. The summed E-state index contributed by atoms with van der Waals surface area (Å²) in [4.78, 5) is 14.2. The van der Waals surface area contributed by atoms with Crippen molar-refractivity contribution in [3.05, 3.63) is 29.8 Å². The van der Waals surface area contributed by atoms with Crippen molar-refractivity contribution >= 4 is 5.91 Å². The highest BCUT2D eigenvalue weighted by molar-refractivity contribution is 5.76. The molecule has 2 rings (SSSR count). The van der Waals surface area contributed by atoms with Crippen molar-refractivity contribution in [1.82, 2.24) is 10.2 Å². The molecular formula is C17H27N3O2. The minimum absolute atomic E-state index is 0.0259. The van der Waals surface area contributed by atoms with E-state index in [9.17, 15) is 4.79 Å². The van der Waals surface area contributed by atoms with Gasteiger partial charge in [0.25, 0.3) is 0 Å². The summed E-state index contributed by atoms with van der Waals surface area (Å²) in [7, 11) is 1.67. The molecule has 5 nitrogen and oxygen atoms in total. The Hall–Kier alpha value is -1.59. The first-order valence-corrected chi connectivity index (χ1v) is 8.09. The van der Waals surface area contributed by atoms with Gasteiger partial charge in [0.05, 0.1) is 13.2 Å². The monoisotopic (exact) mass is 305 g/mol. The van der Waals surface area contributed by atoms with Gasteiger partial charge < -0.3 is 15.8 Å². The van der Waals surface area contributed by atoms with Crippen molar-refractivity contribution in [1.29, 1.82) is 0 Å². The Kier molecular flexibility index (Phi) is 6.68. The van der Waals surface area contributed by atoms with E-state index in [1.165, 1.54) is 24.8 Å². The zero-order valence-electron chi connectivity index (χ0n) is 13.4. The Balaban J connectivity index is 2.07. The molecule has 1 heterocycles. The molecule has 0 radical (unpaired) electrons. The van der Waals surface area contributed by atoms with E-state index in [2.05, 4.69) is 22.3 Å². The third-order valence-corrected chi connectivity index (χ3v) is 4.20. The van der Waals surface area contributed by atoms with Gasteiger partial charge in [-0.2, -0.15) is 0 Å². The number of hydrogen-bond acceptors (Lipinski definition) is 4. The molecule has 122 valence electrons. The SMILES string of the molecule is COc1ccc(C(CNC(=O)CCN)N2CCCCC2)cc1. The number of hydrogen-bond donors (Lipinski definition) is 2. The first kappa shape index (κ1) is 16.8. The van der Waals surface area contributed by atoms with Gasteiger partial charge in [-0.05, 0) is 43.6 Å². The fourth-order valence-corrected chi connectivity index (χ4v) is 2.94. The number of carbonyl (C=O) groups is 1. The lowest BCUT2D eigenvalue weighted by Gasteiger charge is -2.35. The zero-order valence-corrected chi connectivity index (χ0v) is 13.4. The van der Waals surface area contributed by atoms with Gasteiger partial charge in [-0.15, -0.1) is 0 Å². The van der Waals surface area contributed by atoms with Crippen molar-refractivity contribution < 1.29 is 9.53 Å². The lowest BCUT2D eigenvalue weighted by Crippen LogP contribution is -2.40. The molecule has 1 aliphatic heterocycles. The normalized spacial score (nSPS) is 17.0. The number of nitrogens with two attached hydrogens (primary N) is 1. The molecule has 3 N–H and O–H groups in total. The zero-order chi connectivity index (χ0) is 15.8. The quantitative estimate of drug-likeness (QED) is 0.804. The third-order valence-electron chi connectivity index (χ3n) is 4.20. The first-order valence-electron chi connectivity index (χ1n) is 8.09. The van der Waals surface area contributed by atoms with Crippen LogP contribution in [0.2, 0.25) is 0 Å². The van der Waals surface area contributed by atoms with Gasteiger partial charge in [-0.25, -0.2) is 0 Å². The summed E-state index contributed by atoms with van der Waals surface area (Å²) in [6.07, 6.45) is 4.13. The van der Waals surface area contributed by atoms with E-state index in [4.69, 9.17) is 10.5 Å². The molecule has 1 saturated heterocycles.